The molecule has 0 aliphatic carbocycles. The Morgan fingerprint density at radius 1 is 1.38 bits per heavy atom. The molecule has 1 N–H and O–H groups in total. The lowest BCUT2D eigenvalue weighted by Crippen LogP contribution is -2.30. The predicted octanol–water partition coefficient (Wildman–Crippen LogP) is 1.89. The van der Waals surface area contributed by atoms with E-state index in [4.69, 9.17) is 0 Å². The van der Waals surface area contributed by atoms with Crippen LogP contribution in [0.5, 0.6) is 0 Å². The molecule has 0 saturated carbocycles. The minimum absolute atomic E-state index is 0.0352. The molecule has 0 spiro atoms. The zero-order valence-electron chi connectivity index (χ0n) is 12.1. The van der Waals surface area contributed by atoms with E-state index in [1.54, 1.807) is 6.07 Å². The number of aryl methyl sites for hydroxylation is 1. The normalized spacial score (nSPS) is 14.5. The molecule has 0 unspecified atom stereocenters. The number of carbonyl (C=O) groups excluding carboxylic acids is 2. The molecule has 0 aromatic heterocycles. The van der Waals surface area contributed by atoms with Crippen LogP contribution in [0.1, 0.15) is 31.2 Å². The van der Waals surface area contributed by atoms with Crippen LogP contribution in [0.3, 0.4) is 0 Å². The lowest BCUT2D eigenvalue weighted by atomic mass is 10.1. The summed E-state index contributed by atoms with van der Waals surface area (Å²) in [5, 5.41) is 2.84. The molecule has 1 aromatic rings. The number of benzene rings is 1. The molecule has 1 fully saturated rings. The summed E-state index contributed by atoms with van der Waals surface area (Å²) in [6.45, 7) is 2.13. The Morgan fingerprint density at radius 2 is 2.24 bits per heavy atom. The summed E-state index contributed by atoms with van der Waals surface area (Å²) in [7, 11) is 0. The monoisotopic (exact) mass is 292 g/mol. The number of nitrogens with zero attached hydrogens (tertiary/aromatic N) is 1. The van der Waals surface area contributed by atoms with Gasteiger partial charge in [-0.1, -0.05) is 12.1 Å². The fourth-order valence-electron chi connectivity index (χ4n) is 2.48. The molecule has 114 valence electrons. The van der Waals surface area contributed by atoms with Gasteiger partial charge in [0, 0.05) is 32.5 Å². The van der Waals surface area contributed by atoms with Gasteiger partial charge < -0.3 is 10.2 Å². The number of halogens is 1. The van der Waals surface area contributed by atoms with E-state index in [2.05, 4.69) is 5.32 Å². The third kappa shape index (κ3) is 5.17. The molecule has 0 radical (unpaired) electrons. The quantitative estimate of drug-likeness (QED) is 0.780. The van der Waals surface area contributed by atoms with Crippen LogP contribution in [0.2, 0.25) is 0 Å². The van der Waals surface area contributed by atoms with E-state index in [-0.39, 0.29) is 17.6 Å². The molecule has 21 heavy (non-hydrogen) atoms. The second-order valence-corrected chi connectivity index (χ2v) is 5.32. The van der Waals surface area contributed by atoms with Gasteiger partial charge in [-0.05, 0) is 37.0 Å². The van der Waals surface area contributed by atoms with Crippen molar-refractivity contribution in [3.63, 3.8) is 0 Å². The Bertz CT molecular complexity index is 505. The first kappa shape index (κ1) is 15.5. The maximum atomic E-state index is 13.0. The standard InChI is InChI=1S/C16H21FN2O2/c17-14-5-1-4-13(12-14)7-8-15(20)18-9-3-11-19-10-2-6-16(19)21/h1,4-5,12H,2-3,6-11H2,(H,18,20). The SMILES string of the molecule is O=C(CCc1cccc(F)c1)NCCCN1CCCC1=O. The first-order valence-corrected chi connectivity index (χ1v) is 7.44. The molecule has 0 atom stereocenters. The highest BCUT2D eigenvalue weighted by atomic mass is 19.1. The molecular weight excluding hydrogens is 271 g/mol. The molecule has 1 heterocycles. The van der Waals surface area contributed by atoms with E-state index >= 15 is 0 Å². The maximum absolute atomic E-state index is 13.0. The Hall–Kier alpha value is -1.91. The van der Waals surface area contributed by atoms with E-state index in [1.165, 1.54) is 12.1 Å². The van der Waals surface area contributed by atoms with Crippen LogP contribution < -0.4 is 5.32 Å². The summed E-state index contributed by atoms with van der Waals surface area (Å²) in [6, 6.07) is 6.31. The average molecular weight is 292 g/mol. The largest absolute Gasteiger partial charge is 0.356 e. The van der Waals surface area contributed by atoms with Crippen LogP contribution in [-0.4, -0.2) is 36.3 Å². The minimum atomic E-state index is -0.275. The summed E-state index contributed by atoms with van der Waals surface area (Å²) in [5.74, 6) is -0.0948. The smallest absolute Gasteiger partial charge is 0.222 e. The van der Waals surface area contributed by atoms with Gasteiger partial charge in [0.15, 0.2) is 0 Å². The number of hydrogen-bond donors (Lipinski definition) is 1. The molecule has 0 bridgehead atoms. The van der Waals surface area contributed by atoms with Crippen molar-refractivity contribution in [3.8, 4) is 0 Å². The first-order chi connectivity index (χ1) is 10.1. The van der Waals surface area contributed by atoms with Gasteiger partial charge in [0.1, 0.15) is 5.82 Å². The maximum Gasteiger partial charge on any atom is 0.222 e. The lowest BCUT2D eigenvalue weighted by Gasteiger charge is -2.15. The van der Waals surface area contributed by atoms with Crippen molar-refractivity contribution in [1.82, 2.24) is 10.2 Å². The second-order valence-electron chi connectivity index (χ2n) is 5.32. The van der Waals surface area contributed by atoms with Crippen LogP contribution in [0.25, 0.3) is 0 Å². The number of hydrogen-bond acceptors (Lipinski definition) is 2. The van der Waals surface area contributed by atoms with E-state index in [9.17, 15) is 14.0 Å². The lowest BCUT2D eigenvalue weighted by molar-refractivity contribution is -0.127. The van der Waals surface area contributed by atoms with E-state index < -0.39 is 0 Å². The molecule has 1 aromatic carbocycles. The fraction of sp³-hybridized carbons (Fsp3) is 0.500. The summed E-state index contributed by atoms with van der Waals surface area (Å²) in [5.41, 5.74) is 0.827. The molecule has 1 saturated heterocycles. The van der Waals surface area contributed by atoms with E-state index in [0.717, 1.165) is 24.9 Å². The number of amides is 2. The van der Waals surface area contributed by atoms with Gasteiger partial charge >= 0.3 is 0 Å². The minimum Gasteiger partial charge on any atom is -0.356 e. The molecule has 5 heteroatoms. The van der Waals surface area contributed by atoms with Crippen molar-refractivity contribution >= 4 is 11.8 Å². The van der Waals surface area contributed by atoms with E-state index in [0.29, 0.717) is 32.4 Å². The Kier molecular flexibility index (Phi) is 5.72. The topological polar surface area (TPSA) is 49.4 Å². The highest BCUT2D eigenvalue weighted by molar-refractivity contribution is 5.78. The van der Waals surface area contributed by atoms with Gasteiger partial charge in [-0.15, -0.1) is 0 Å². The van der Waals surface area contributed by atoms with Crippen molar-refractivity contribution in [2.45, 2.75) is 32.1 Å². The number of carbonyl (C=O) groups is 2. The van der Waals surface area contributed by atoms with E-state index in [1.807, 2.05) is 11.0 Å². The Labute approximate surface area is 124 Å². The van der Waals surface area contributed by atoms with Crippen LogP contribution >= 0.6 is 0 Å². The molecule has 2 amide bonds. The molecule has 4 nitrogen and oxygen atoms in total. The van der Waals surface area contributed by atoms with Crippen LogP contribution in [0.15, 0.2) is 24.3 Å². The third-order valence-corrected chi connectivity index (χ3v) is 3.63. The summed E-state index contributed by atoms with van der Waals surface area (Å²) >= 11 is 0. The average Bonchev–Trinajstić information content (AvgIpc) is 2.87. The summed E-state index contributed by atoms with van der Waals surface area (Å²) < 4.78 is 13.0. The number of rotatable bonds is 7. The zero-order chi connectivity index (χ0) is 15.1. The van der Waals surface area contributed by atoms with Crippen molar-refractivity contribution in [3.05, 3.63) is 35.6 Å². The highest BCUT2D eigenvalue weighted by Gasteiger charge is 2.18. The van der Waals surface area contributed by atoms with Gasteiger partial charge in [0.05, 0.1) is 0 Å². The zero-order valence-corrected chi connectivity index (χ0v) is 12.1. The first-order valence-electron chi connectivity index (χ1n) is 7.44. The van der Waals surface area contributed by atoms with Gasteiger partial charge in [0.25, 0.3) is 0 Å². The van der Waals surface area contributed by atoms with Gasteiger partial charge in [-0.3, -0.25) is 9.59 Å². The molecule has 1 aliphatic rings. The molecule has 2 rings (SSSR count). The van der Waals surface area contributed by atoms with Crippen molar-refractivity contribution in [2.24, 2.45) is 0 Å². The Balaban J connectivity index is 1.58. The number of nitrogens with one attached hydrogen (secondary N) is 1. The summed E-state index contributed by atoms with van der Waals surface area (Å²) in [6.07, 6.45) is 3.26. The fourth-order valence-corrected chi connectivity index (χ4v) is 2.48. The van der Waals surface area contributed by atoms with Crippen LogP contribution in [-0.2, 0) is 16.0 Å². The van der Waals surface area contributed by atoms with Crippen molar-refractivity contribution in [2.75, 3.05) is 19.6 Å². The molecule has 1 aliphatic heterocycles. The second kappa shape index (κ2) is 7.76. The predicted molar refractivity (Wildman–Crippen MR) is 78.2 cm³/mol. The van der Waals surface area contributed by atoms with Crippen molar-refractivity contribution in [1.29, 1.82) is 0 Å². The van der Waals surface area contributed by atoms with Gasteiger partial charge in [-0.25, -0.2) is 4.39 Å². The van der Waals surface area contributed by atoms with Crippen molar-refractivity contribution < 1.29 is 14.0 Å². The Morgan fingerprint density at radius 3 is 2.95 bits per heavy atom. The summed E-state index contributed by atoms with van der Waals surface area (Å²) in [4.78, 5) is 24.9. The molecular formula is C16H21FN2O2. The number of likely N-dealkylation sites (tertiary alicyclic amines) is 1. The van der Waals surface area contributed by atoms with Crippen LogP contribution in [0, 0.1) is 5.82 Å². The highest BCUT2D eigenvalue weighted by Crippen LogP contribution is 2.09. The van der Waals surface area contributed by atoms with Gasteiger partial charge in [0.2, 0.25) is 11.8 Å². The van der Waals surface area contributed by atoms with Gasteiger partial charge in [-0.2, -0.15) is 0 Å². The van der Waals surface area contributed by atoms with Crippen LogP contribution in [0.4, 0.5) is 4.39 Å². The third-order valence-electron chi connectivity index (χ3n) is 3.63.